The first-order valence-electron chi connectivity index (χ1n) is 8.70. The number of benzene rings is 1. The molecule has 0 bridgehead atoms. The molecule has 1 aliphatic rings. The highest BCUT2D eigenvalue weighted by Crippen LogP contribution is 2.29. The van der Waals surface area contributed by atoms with Gasteiger partial charge in [0.2, 0.25) is 5.82 Å². The molecule has 0 aliphatic carbocycles. The molecular weight excluding hydrogens is 376 g/mol. The van der Waals surface area contributed by atoms with Gasteiger partial charge in [-0.25, -0.2) is 9.67 Å². The first-order chi connectivity index (χ1) is 13.6. The number of hydrogen-bond acceptors (Lipinski definition) is 6. The van der Waals surface area contributed by atoms with Crippen molar-refractivity contribution >= 4 is 28.8 Å². The van der Waals surface area contributed by atoms with Crippen molar-refractivity contribution in [2.75, 3.05) is 18.6 Å². The van der Waals surface area contributed by atoms with E-state index >= 15 is 0 Å². The van der Waals surface area contributed by atoms with E-state index in [0.717, 1.165) is 11.3 Å². The number of likely N-dealkylation sites (N-methyl/N-ethyl adjacent to an activating group) is 1. The number of hydrogen-bond donors (Lipinski definition) is 1. The Balaban J connectivity index is 1.45. The minimum absolute atomic E-state index is 0.0878. The third-order valence-corrected chi connectivity index (χ3v) is 4.95. The lowest BCUT2D eigenvalue weighted by Crippen LogP contribution is -2.48. The molecule has 8 nitrogen and oxygen atoms in total. The zero-order chi connectivity index (χ0) is 19.5. The van der Waals surface area contributed by atoms with Gasteiger partial charge in [0.1, 0.15) is 35.4 Å². The number of fused-ring (bicyclic) bond motifs is 1. The molecule has 0 radical (unpaired) electrons. The highest BCUT2D eigenvalue weighted by Gasteiger charge is 2.28. The normalized spacial score (nSPS) is 16.1. The van der Waals surface area contributed by atoms with Gasteiger partial charge in [0.25, 0.3) is 5.91 Å². The monoisotopic (exact) mass is 394 g/mol. The molecule has 1 aromatic carbocycles. The topological polar surface area (TPSA) is 85.2 Å². The Kier molecular flexibility index (Phi) is 4.98. The maximum atomic E-state index is 12.6. The SMILES string of the molecule is CN1C(=S)C(NC(=O)c2ncn(Cc3ccccc3)n2)COc2ccncc21. The fourth-order valence-corrected chi connectivity index (χ4v) is 3.14. The lowest BCUT2D eigenvalue weighted by molar-refractivity contribution is 0.0927. The summed E-state index contributed by atoms with van der Waals surface area (Å²) in [7, 11) is 1.82. The lowest BCUT2D eigenvalue weighted by atomic mass is 10.2. The molecule has 4 rings (SSSR count). The van der Waals surface area contributed by atoms with Crippen LogP contribution in [0.1, 0.15) is 16.2 Å². The van der Waals surface area contributed by atoms with Crippen LogP contribution in [-0.4, -0.2) is 50.3 Å². The van der Waals surface area contributed by atoms with E-state index in [9.17, 15) is 4.79 Å². The number of thiocarbonyl (C=S) groups is 1. The van der Waals surface area contributed by atoms with Gasteiger partial charge in [0, 0.05) is 19.3 Å². The molecule has 1 unspecified atom stereocenters. The standard InChI is InChI=1S/C19H18N6O2S/c1-24-15-9-20-8-7-16(15)27-11-14(19(24)28)22-18(26)17-21-12-25(23-17)10-13-5-3-2-4-6-13/h2-9,12,14H,10-11H2,1H3,(H,22,26). The van der Waals surface area contributed by atoms with Crippen molar-refractivity contribution < 1.29 is 9.53 Å². The van der Waals surface area contributed by atoms with Gasteiger partial charge in [0.05, 0.1) is 12.7 Å². The summed E-state index contributed by atoms with van der Waals surface area (Å²) in [5.41, 5.74) is 1.83. The van der Waals surface area contributed by atoms with Crippen molar-refractivity contribution in [2.24, 2.45) is 0 Å². The van der Waals surface area contributed by atoms with Crippen LogP contribution in [0, 0.1) is 0 Å². The number of carbonyl (C=O) groups excluding carboxylic acids is 1. The predicted molar refractivity (Wildman–Crippen MR) is 108 cm³/mol. The number of anilines is 1. The van der Waals surface area contributed by atoms with E-state index in [2.05, 4.69) is 20.4 Å². The average Bonchev–Trinajstić information content (AvgIpc) is 3.15. The van der Waals surface area contributed by atoms with Crippen molar-refractivity contribution in [3.05, 3.63) is 66.5 Å². The first-order valence-corrected chi connectivity index (χ1v) is 9.11. The minimum Gasteiger partial charge on any atom is -0.489 e. The second-order valence-corrected chi connectivity index (χ2v) is 6.75. The average molecular weight is 394 g/mol. The van der Waals surface area contributed by atoms with Crippen molar-refractivity contribution in [2.45, 2.75) is 12.6 Å². The third kappa shape index (κ3) is 3.70. The van der Waals surface area contributed by atoms with Gasteiger partial charge in [-0.3, -0.25) is 9.78 Å². The van der Waals surface area contributed by atoms with Crippen LogP contribution in [0.15, 0.2) is 55.1 Å². The number of rotatable bonds is 4. The zero-order valence-electron chi connectivity index (χ0n) is 15.1. The number of nitrogens with zero attached hydrogens (tertiary/aromatic N) is 5. The van der Waals surface area contributed by atoms with Gasteiger partial charge in [-0.2, -0.15) is 0 Å². The summed E-state index contributed by atoms with van der Waals surface area (Å²) in [5.74, 6) is 0.354. The zero-order valence-corrected chi connectivity index (χ0v) is 16.0. The fraction of sp³-hybridized carbons (Fsp3) is 0.211. The van der Waals surface area contributed by atoms with E-state index in [1.54, 1.807) is 28.0 Å². The summed E-state index contributed by atoms with van der Waals surface area (Å²) in [4.78, 5) is 23.2. The lowest BCUT2D eigenvalue weighted by Gasteiger charge is -2.22. The Labute approximate surface area is 167 Å². The second-order valence-electron chi connectivity index (χ2n) is 6.33. The number of carbonyl (C=O) groups is 1. The van der Waals surface area contributed by atoms with E-state index < -0.39 is 11.9 Å². The number of nitrogens with one attached hydrogen (secondary N) is 1. The van der Waals surface area contributed by atoms with Crippen LogP contribution >= 0.6 is 12.2 Å². The van der Waals surface area contributed by atoms with Crippen LogP contribution in [0.4, 0.5) is 5.69 Å². The predicted octanol–water partition coefficient (Wildman–Crippen LogP) is 1.68. The molecule has 1 atom stereocenters. The summed E-state index contributed by atoms with van der Waals surface area (Å²) in [5, 5.41) is 7.13. The van der Waals surface area contributed by atoms with Gasteiger partial charge in [-0.05, 0) is 5.56 Å². The smallest absolute Gasteiger partial charge is 0.291 e. The summed E-state index contributed by atoms with van der Waals surface area (Å²) in [6.45, 7) is 0.758. The van der Waals surface area contributed by atoms with Crippen LogP contribution in [0.25, 0.3) is 0 Å². The Bertz CT molecular complexity index is 1010. The van der Waals surface area contributed by atoms with Gasteiger partial charge in [-0.15, -0.1) is 5.10 Å². The first kappa shape index (κ1) is 18.1. The minimum atomic E-state index is -0.485. The molecule has 1 amide bonds. The van der Waals surface area contributed by atoms with Crippen LogP contribution in [0.5, 0.6) is 5.75 Å². The summed E-state index contributed by atoms with van der Waals surface area (Å²) in [6, 6.07) is 11.1. The Hall–Kier alpha value is -3.33. The molecule has 3 aromatic rings. The molecule has 0 spiro atoms. The number of amides is 1. The molecule has 1 aliphatic heterocycles. The van der Waals surface area contributed by atoms with E-state index in [1.165, 1.54) is 6.33 Å². The van der Waals surface area contributed by atoms with E-state index in [-0.39, 0.29) is 12.4 Å². The Morgan fingerprint density at radius 3 is 2.96 bits per heavy atom. The Morgan fingerprint density at radius 2 is 2.14 bits per heavy atom. The highest BCUT2D eigenvalue weighted by atomic mass is 32.1. The summed E-state index contributed by atoms with van der Waals surface area (Å²) in [6.07, 6.45) is 4.87. The molecule has 0 fully saturated rings. The van der Waals surface area contributed by atoms with Crippen molar-refractivity contribution in [1.82, 2.24) is 25.1 Å². The quantitative estimate of drug-likeness (QED) is 0.674. The van der Waals surface area contributed by atoms with Crippen molar-refractivity contribution in [3.63, 3.8) is 0 Å². The largest absolute Gasteiger partial charge is 0.489 e. The maximum Gasteiger partial charge on any atom is 0.291 e. The molecule has 9 heteroatoms. The molecule has 0 saturated heterocycles. The molecule has 0 saturated carbocycles. The van der Waals surface area contributed by atoms with Gasteiger partial charge >= 0.3 is 0 Å². The van der Waals surface area contributed by atoms with E-state index in [0.29, 0.717) is 17.3 Å². The number of ether oxygens (including phenoxy) is 1. The molecule has 28 heavy (non-hydrogen) atoms. The van der Waals surface area contributed by atoms with Crippen molar-refractivity contribution in [1.29, 1.82) is 0 Å². The molecular formula is C19H18N6O2S. The van der Waals surface area contributed by atoms with Crippen LogP contribution in [0.3, 0.4) is 0 Å². The summed E-state index contributed by atoms with van der Waals surface area (Å²) < 4.78 is 7.42. The van der Waals surface area contributed by atoms with E-state index in [4.69, 9.17) is 17.0 Å². The van der Waals surface area contributed by atoms with Gasteiger partial charge < -0.3 is 15.0 Å². The molecule has 1 N–H and O–H groups in total. The van der Waals surface area contributed by atoms with Crippen LogP contribution in [0.2, 0.25) is 0 Å². The molecule has 142 valence electrons. The van der Waals surface area contributed by atoms with Crippen molar-refractivity contribution in [3.8, 4) is 5.75 Å². The Morgan fingerprint density at radius 1 is 1.32 bits per heavy atom. The second kappa shape index (κ2) is 7.73. The highest BCUT2D eigenvalue weighted by molar-refractivity contribution is 7.80. The number of aromatic nitrogens is 4. The molecule has 3 heterocycles. The van der Waals surface area contributed by atoms with E-state index in [1.807, 2.05) is 37.4 Å². The summed E-state index contributed by atoms with van der Waals surface area (Å²) >= 11 is 5.53. The van der Waals surface area contributed by atoms with Gasteiger partial charge in [0.15, 0.2) is 0 Å². The fourth-order valence-electron chi connectivity index (χ4n) is 2.92. The van der Waals surface area contributed by atoms with Gasteiger partial charge in [-0.1, -0.05) is 42.5 Å². The molecule has 2 aromatic heterocycles. The van der Waals surface area contributed by atoms with Crippen LogP contribution in [-0.2, 0) is 6.54 Å². The maximum absolute atomic E-state index is 12.6. The third-order valence-electron chi connectivity index (χ3n) is 4.39. The van der Waals surface area contributed by atoms with Crippen LogP contribution < -0.4 is 15.0 Å². The number of pyridine rings is 1.